The molecule has 9 nitrogen and oxygen atoms in total. The number of fused-ring (bicyclic) bond motifs is 2. The first kappa shape index (κ1) is 34.2. The first-order chi connectivity index (χ1) is 23.9. The lowest BCUT2D eigenvalue weighted by atomic mass is 9.81. The summed E-state index contributed by atoms with van der Waals surface area (Å²) >= 11 is 1.74. The van der Waals surface area contributed by atoms with Crippen LogP contribution in [0.3, 0.4) is 0 Å². The first-order valence-electron chi connectivity index (χ1n) is 16.9. The van der Waals surface area contributed by atoms with E-state index >= 15 is 0 Å². The lowest BCUT2D eigenvalue weighted by molar-refractivity contribution is -0.127. The van der Waals surface area contributed by atoms with E-state index in [4.69, 9.17) is 14.7 Å². The molecule has 3 aliphatic heterocycles. The Hall–Kier alpha value is -4.28. The third kappa shape index (κ3) is 6.51. The number of benzene rings is 2. The van der Waals surface area contributed by atoms with Gasteiger partial charge in [0.15, 0.2) is 5.83 Å². The van der Waals surface area contributed by atoms with Crippen molar-refractivity contribution in [2.75, 3.05) is 49.6 Å². The summed E-state index contributed by atoms with van der Waals surface area (Å²) in [6.45, 7) is 10.1. The van der Waals surface area contributed by atoms with E-state index in [0.29, 0.717) is 44.2 Å². The second-order valence-corrected chi connectivity index (χ2v) is 15.5. The number of allylic oxidation sites excluding steroid dienone is 1. The largest absolute Gasteiger partial charge is 0.462 e. The molecule has 1 saturated heterocycles. The van der Waals surface area contributed by atoms with Crippen molar-refractivity contribution < 1.29 is 22.7 Å². The van der Waals surface area contributed by atoms with Crippen molar-refractivity contribution in [2.24, 2.45) is 5.92 Å². The Bertz CT molecular complexity index is 1920. The van der Waals surface area contributed by atoms with Crippen molar-refractivity contribution in [3.8, 4) is 12.1 Å². The molecular formula is C37H40F3N7O2S. The summed E-state index contributed by atoms with van der Waals surface area (Å²) in [7, 11) is 1.98. The molecule has 4 heterocycles. The standard InChI is InChI=1S/C37H40F3N7O2S/c1-23-7-5-8-26-9-6-10-30(32(23)26)45-14-12-28-29(21-45)42-35(49-22-31-36(3,50-31)44(4)19-25-17-37(39,40)18-25)43-33(28)46-15-16-47(34(48)24(2)38)27(20-46)11-13-41/h5-10,20,25,31H,2,11-12,14-19,21-22H2,1,3-4H3/t31?,36-/m0/s1. The molecule has 0 bridgehead atoms. The van der Waals surface area contributed by atoms with Crippen LogP contribution in [-0.2, 0) is 17.8 Å². The Morgan fingerprint density at radius 3 is 2.66 bits per heavy atom. The maximum Gasteiger partial charge on any atom is 0.318 e. The molecule has 3 aromatic rings. The fourth-order valence-corrected chi connectivity index (χ4v) is 8.66. The van der Waals surface area contributed by atoms with E-state index in [0.717, 1.165) is 23.5 Å². The lowest BCUT2D eigenvalue weighted by Crippen LogP contribution is -2.45. The predicted octanol–water partition coefficient (Wildman–Crippen LogP) is 6.58. The van der Waals surface area contributed by atoms with Gasteiger partial charge in [-0.05, 0) is 50.2 Å². The van der Waals surface area contributed by atoms with Crippen molar-refractivity contribution in [3.63, 3.8) is 0 Å². The number of carbonyl (C=O) groups excluding carboxylic acids is 1. The van der Waals surface area contributed by atoms with Crippen LogP contribution >= 0.6 is 11.8 Å². The fraction of sp³-hybridized carbons (Fsp3) is 0.459. The Labute approximate surface area is 294 Å². The molecule has 13 heteroatoms. The lowest BCUT2D eigenvalue weighted by Gasteiger charge is -2.38. The van der Waals surface area contributed by atoms with Gasteiger partial charge in [0.25, 0.3) is 5.91 Å². The van der Waals surface area contributed by atoms with Gasteiger partial charge in [0.05, 0.1) is 40.5 Å². The predicted molar refractivity (Wildman–Crippen MR) is 189 cm³/mol. The van der Waals surface area contributed by atoms with E-state index in [-0.39, 0.29) is 47.9 Å². The number of alkyl halides is 2. The average Bonchev–Trinajstić information content (AvgIpc) is 3.76. The highest BCUT2D eigenvalue weighted by Gasteiger charge is 2.56. The Morgan fingerprint density at radius 2 is 1.94 bits per heavy atom. The molecule has 2 fully saturated rings. The topological polar surface area (TPSA) is 88.8 Å². The van der Waals surface area contributed by atoms with Crippen molar-refractivity contribution in [3.05, 3.63) is 77.5 Å². The minimum absolute atomic E-state index is 0.00712. The van der Waals surface area contributed by atoms with Crippen LogP contribution in [0.5, 0.6) is 6.01 Å². The number of nitrogens with zero attached hydrogens (tertiary/aromatic N) is 7. The number of hydrogen-bond acceptors (Lipinski definition) is 9. The Kier molecular flexibility index (Phi) is 8.97. The minimum Gasteiger partial charge on any atom is -0.462 e. The molecule has 4 aliphatic rings. The van der Waals surface area contributed by atoms with Gasteiger partial charge in [-0.15, -0.1) is 11.8 Å². The summed E-state index contributed by atoms with van der Waals surface area (Å²) in [4.78, 5) is 29.8. The number of amides is 1. The van der Waals surface area contributed by atoms with Crippen LogP contribution in [0.15, 0.2) is 60.7 Å². The number of halogens is 3. The van der Waals surface area contributed by atoms with Crippen LogP contribution in [0.25, 0.3) is 10.8 Å². The molecule has 0 spiro atoms. The van der Waals surface area contributed by atoms with Crippen LogP contribution in [0.4, 0.5) is 24.7 Å². The van der Waals surface area contributed by atoms with E-state index in [9.17, 15) is 23.2 Å². The number of aryl methyl sites for hydroxylation is 1. The van der Waals surface area contributed by atoms with Gasteiger partial charge >= 0.3 is 6.01 Å². The summed E-state index contributed by atoms with van der Waals surface area (Å²) < 4.78 is 47.1. The quantitative estimate of drug-likeness (QED) is 0.172. The van der Waals surface area contributed by atoms with Gasteiger partial charge in [0, 0.05) is 61.9 Å². The number of rotatable bonds is 10. The van der Waals surface area contributed by atoms with Crippen LogP contribution in [0.1, 0.15) is 43.0 Å². The van der Waals surface area contributed by atoms with Gasteiger partial charge in [-0.3, -0.25) is 9.69 Å². The fourth-order valence-electron chi connectivity index (χ4n) is 7.51. The van der Waals surface area contributed by atoms with Gasteiger partial charge in [-0.1, -0.05) is 36.9 Å². The molecular weight excluding hydrogens is 664 g/mol. The van der Waals surface area contributed by atoms with Gasteiger partial charge in [0.1, 0.15) is 12.4 Å². The summed E-state index contributed by atoms with van der Waals surface area (Å²) in [6.07, 6.45) is 2.12. The summed E-state index contributed by atoms with van der Waals surface area (Å²) in [5.74, 6) is -3.85. The molecule has 1 aromatic heterocycles. The van der Waals surface area contributed by atoms with Gasteiger partial charge < -0.3 is 19.4 Å². The van der Waals surface area contributed by atoms with Gasteiger partial charge in [0.2, 0.25) is 5.92 Å². The Balaban J connectivity index is 1.17. The summed E-state index contributed by atoms with van der Waals surface area (Å²) in [6, 6.07) is 14.9. The van der Waals surface area contributed by atoms with E-state index < -0.39 is 17.7 Å². The van der Waals surface area contributed by atoms with E-state index in [2.05, 4.69) is 72.7 Å². The summed E-state index contributed by atoms with van der Waals surface area (Å²) in [5, 5.41) is 12.0. The Morgan fingerprint density at radius 1 is 1.18 bits per heavy atom. The van der Waals surface area contributed by atoms with Crippen molar-refractivity contribution in [1.82, 2.24) is 19.8 Å². The molecule has 1 unspecified atom stereocenters. The highest BCUT2D eigenvalue weighted by atomic mass is 32.2. The number of anilines is 2. The van der Waals surface area contributed by atoms with Crippen molar-refractivity contribution >= 4 is 39.9 Å². The van der Waals surface area contributed by atoms with Crippen LogP contribution in [0.2, 0.25) is 0 Å². The average molecular weight is 704 g/mol. The highest BCUT2D eigenvalue weighted by molar-refractivity contribution is 8.08. The molecule has 0 radical (unpaired) electrons. The van der Waals surface area contributed by atoms with E-state index in [1.54, 1.807) is 18.0 Å². The highest BCUT2D eigenvalue weighted by Crippen LogP contribution is 2.56. The molecule has 1 aliphatic carbocycles. The maximum absolute atomic E-state index is 13.9. The molecule has 1 saturated carbocycles. The normalized spacial score (nSPS) is 22.9. The number of aromatic nitrogens is 2. The number of nitriles is 1. The molecule has 2 atom stereocenters. The van der Waals surface area contributed by atoms with Crippen LogP contribution < -0.4 is 14.5 Å². The second kappa shape index (κ2) is 13.1. The van der Waals surface area contributed by atoms with Crippen molar-refractivity contribution in [2.45, 2.75) is 62.1 Å². The van der Waals surface area contributed by atoms with Crippen LogP contribution in [-0.4, -0.2) is 81.6 Å². The monoisotopic (exact) mass is 703 g/mol. The molecule has 7 rings (SSSR count). The zero-order chi connectivity index (χ0) is 35.4. The minimum atomic E-state index is -2.54. The maximum atomic E-state index is 13.9. The number of hydrogen-bond donors (Lipinski definition) is 0. The number of carbonyl (C=O) groups is 1. The van der Waals surface area contributed by atoms with Crippen molar-refractivity contribution in [1.29, 1.82) is 5.26 Å². The number of ether oxygens (including phenoxy) is 1. The van der Waals surface area contributed by atoms with Gasteiger partial charge in [-0.25, -0.2) is 13.2 Å². The van der Waals surface area contributed by atoms with E-state index in [1.165, 1.54) is 21.2 Å². The molecule has 2 aromatic carbocycles. The molecule has 0 N–H and O–H groups in total. The second-order valence-electron chi connectivity index (χ2n) is 13.9. The summed E-state index contributed by atoms with van der Waals surface area (Å²) in [5.41, 5.74) is 4.45. The number of thioether (sulfide) groups is 1. The van der Waals surface area contributed by atoms with Gasteiger partial charge in [-0.2, -0.15) is 15.2 Å². The molecule has 50 heavy (non-hydrogen) atoms. The smallest absolute Gasteiger partial charge is 0.318 e. The molecule has 262 valence electrons. The molecule has 1 amide bonds. The van der Waals surface area contributed by atoms with Crippen LogP contribution in [0, 0.1) is 24.2 Å². The third-order valence-corrected chi connectivity index (χ3v) is 12.1. The third-order valence-electron chi connectivity index (χ3n) is 10.4. The SMILES string of the molecule is C=C(F)C(=O)N1CCN(c2nc(OCC3S[C@]3(C)N(C)CC3CC(F)(F)C3)nc3c2CCN(c2cccc4cccc(C)c24)C3)C=C1CC#N. The zero-order valence-electron chi connectivity index (χ0n) is 28.5. The zero-order valence-corrected chi connectivity index (χ0v) is 29.3. The first-order valence-corrected chi connectivity index (χ1v) is 17.8. The van der Waals surface area contributed by atoms with E-state index in [1.807, 2.05) is 11.9 Å².